The van der Waals surface area contributed by atoms with Crippen LogP contribution < -0.4 is 20.2 Å². The van der Waals surface area contributed by atoms with Crippen LogP contribution in [0.5, 0.6) is 17.2 Å². The van der Waals surface area contributed by atoms with Crippen LogP contribution in [-0.2, 0) is 0 Å². The van der Waals surface area contributed by atoms with Crippen molar-refractivity contribution in [1.82, 2.24) is 5.32 Å². The maximum Gasteiger partial charge on any atom is 0.251 e. The summed E-state index contributed by atoms with van der Waals surface area (Å²) in [6.07, 6.45) is 0. The number of carbonyl (C=O) groups is 1. The number of nitrogens with one attached hydrogen (secondary N) is 1. The third kappa shape index (κ3) is 3.65. The smallest absolute Gasteiger partial charge is 0.251 e. The summed E-state index contributed by atoms with van der Waals surface area (Å²) in [7, 11) is 4.56. The molecule has 4 rings (SSSR count). The molecule has 1 aromatic heterocycles. The minimum atomic E-state index is -0.281. The van der Waals surface area contributed by atoms with Crippen molar-refractivity contribution in [2.75, 3.05) is 21.3 Å². The van der Waals surface area contributed by atoms with Crippen LogP contribution in [0, 0.1) is 0 Å². The number of benzene rings is 3. The normalized spacial score (nSPS) is 10.7. The topological polar surface area (TPSA) is 98.0 Å². The fourth-order valence-electron chi connectivity index (χ4n) is 3.57. The molecule has 7 heteroatoms. The predicted molar refractivity (Wildman–Crippen MR) is 122 cm³/mol. The molecule has 0 bridgehead atoms. The van der Waals surface area contributed by atoms with Gasteiger partial charge in [0.1, 0.15) is 28.4 Å². The number of phenolic OH excluding ortho intramolecular Hbond substituents is 1. The van der Waals surface area contributed by atoms with Crippen molar-refractivity contribution < 1.29 is 23.8 Å². The number of aromatic hydroxyl groups is 1. The van der Waals surface area contributed by atoms with E-state index in [1.807, 2.05) is 0 Å². The lowest BCUT2D eigenvalue weighted by Gasteiger charge is -2.15. The number of hydrogen-bond acceptors (Lipinski definition) is 6. The van der Waals surface area contributed by atoms with Gasteiger partial charge in [-0.2, -0.15) is 0 Å². The average Bonchev–Trinajstić information content (AvgIpc) is 2.82. The van der Waals surface area contributed by atoms with E-state index in [4.69, 9.17) is 13.9 Å². The number of phenols is 1. The molecule has 1 heterocycles. The molecule has 0 saturated heterocycles. The van der Waals surface area contributed by atoms with Crippen molar-refractivity contribution in [3.8, 4) is 39.7 Å². The Morgan fingerprint density at radius 2 is 1.53 bits per heavy atom. The number of rotatable bonds is 5. The largest absolute Gasteiger partial charge is 0.508 e. The highest BCUT2D eigenvalue weighted by Crippen LogP contribution is 2.42. The summed E-state index contributed by atoms with van der Waals surface area (Å²) >= 11 is 0. The molecular weight excluding hydrogens is 410 g/mol. The van der Waals surface area contributed by atoms with Crippen molar-refractivity contribution in [2.24, 2.45) is 0 Å². The number of ether oxygens (including phenoxy) is 2. The van der Waals surface area contributed by atoms with Gasteiger partial charge < -0.3 is 24.3 Å². The van der Waals surface area contributed by atoms with E-state index in [1.165, 1.54) is 32.4 Å². The second-order valence-corrected chi connectivity index (χ2v) is 7.04. The zero-order valence-corrected chi connectivity index (χ0v) is 17.8. The third-order valence-electron chi connectivity index (χ3n) is 5.18. The maximum atomic E-state index is 13.1. The molecule has 1 amide bonds. The second-order valence-electron chi connectivity index (χ2n) is 7.04. The fourth-order valence-corrected chi connectivity index (χ4v) is 3.57. The van der Waals surface area contributed by atoms with E-state index in [2.05, 4.69) is 5.32 Å². The van der Waals surface area contributed by atoms with Gasteiger partial charge in [0.05, 0.1) is 19.8 Å². The fraction of sp³-hybridized carbons (Fsp3) is 0.120. The lowest BCUT2D eigenvalue weighted by Crippen LogP contribution is -2.17. The monoisotopic (exact) mass is 431 g/mol. The first-order valence-corrected chi connectivity index (χ1v) is 9.81. The maximum absolute atomic E-state index is 13.1. The van der Waals surface area contributed by atoms with Crippen molar-refractivity contribution in [3.63, 3.8) is 0 Å². The molecule has 0 saturated carbocycles. The molecule has 3 aromatic carbocycles. The molecule has 0 unspecified atom stereocenters. The highest BCUT2D eigenvalue weighted by Gasteiger charge is 2.21. The van der Waals surface area contributed by atoms with Crippen molar-refractivity contribution in [1.29, 1.82) is 0 Å². The van der Waals surface area contributed by atoms with Gasteiger partial charge in [0.2, 0.25) is 0 Å². The number of amides is 1. The Labute approximate surface area is 183 Å². The highest BCUT2D eigenvalue weighted by molar-refractivity contribution is 6.01. The molecule has 0 fully saturated rings. The first-order valence-electron chi connectivity index (χ1n) is 9.81. The van der Waals surface area contributed by atoms with E-state index >= 15 is 0 Å². The van der Waals surface area contributed by atoms with Gasteiger partial charge in [0.25, 0.3) is 5.91 Å². The van der Waals surface area contributed by atoms with Gasteiger partial charge in [-0.25, -0.2) is 0 Å². The molecule has 0 atom stereocenters. The van der Waals surface area contributed by atoms with Crippen molar-refractivity contribution in [2.45, 2.75) is 0 Å². The summed E-state index contributed by atoms with van der Waals surface area (Å²) in [6.45, 7) is 0. The van der Waals surface area contributed by atoms with E-state index in [9.17, 15) is 14.7 Å². The summed E-state index contributed by atoms with van der Waals surface area (Å²) in [6, 6.07) is 16.3. The molecule has 7 nitrogen and oxygen atoms in total. The average molecular weight is 431 g/mol. The summed E-state index contributed by atoms with van der Waals surface area (Å²) in [4.78, 5) is 25.0. The zero-order valence-electron chi connectivity index (χ0n) is 17.8. The second kappa shape index (κ2) is 8.47. The molecule has 0 radical (unpaired) electrons. The standard InChI is InChI=1S/C25H21NO6/c1-26-25(29)16-6-4-15(5-7-16)22-20(30-2)13-21(31-3)23-18(28)12-19(32-24(22)23)14-8-10-17(27)11-9-14/h4-13,27H,1-3H3,(H,26,29). The van der Waals surface area contributed by atoms with E-state index in [0.29, 0.717) is 45.1 Å². The minimum Gasteiger partial charge on any atom is -0.508 e. The first kappa shape index (κ1) is 21.0. The molecule has 4 aromatic rings. The Kier molecular flexibility index (Phi) is 5.55. The molecule has 162 valence electrons. The van der Waals surface area contributed by atoms with E-state index in [-0.39, 0.29) is 22.5 Å². The predicted octanol–water partition coefficient (Wildman–Crippen LogP) is 4.21. The molecule has 32 heavy (non-hydrogen) atoms. The van der Waals surface area contributed by atoms with E-state index in [0.717, 1.165) is 0 Å². The van der Waals surface area contributed by atoms with Gasteiger partial charge in [-0.1, -0.05) is 12.1 Å². The minimum absolute atomic E-state index is 0.108. The SMILES string of the molecule is CNC(=O)c1ccc(-c2c(OC)cc(OC)c3c(=O)cc(-c4ccc(O)cc4)oc23)cc1. The van der Waals surface area contributed by atoms with Crippen LogP contribution in [0.4, 0.5) is 0 Å². The quantitative estimate of drug-likeness (QED) is 0.491. The van der Waals surface area contributed by atoms with Gasteiger partial charge in [-0.3, -0.25) is 9.59 Å². The third-order valence-corrected chi connectivity index (χ3v) is 5.18. The van der Waals surface area contributed by atoms with Crippen LogP contribution in [0.25, 0.3) is 33.4 Å². The zero-order chi connectivity index (χ0) is 22.8. The molecule has 0 aliphatic carbocycles. The number of fused-ring (bicyclic) bond motifs is 1. The summed E-state index contributed by atoms with van der Waals surface area (Å²) < 4.78 is 17.3. The van der Waals surface area contributed by atoms with Crippen LogP contribution in [0.2, 0.25) is 0 Å². The van der Waals surface area contributed by atoms with Crippen molar-refractivity contribution >= 4 is 16.9 Å². The van der Waals surface area contributed by atoms with E-state index < -0.39 is 0 Å². The Bertz CT molecular complexity index is 1350. The highest BCUT2D eigenvalue weighted by atomic mass is 16.5. The Morgan fingerprint density at radius 3 is 2.12 bits per heavy atom. The van der Waals surface area contributed by atoms with Crippen LogP contribution in [-0.4, -0.2) is 32.3 Å². The lowest BCUT2D eigenvalue weighted by atomic mass is 9.99. The molecule has 0 aliphatic rings. The van der Waals surface area contributed by atoms with Gasteiger partial charge in [0.15, 0.2) is 11.0 Å². The van der Waals surface area contributed by atoms with Gasteiger partial charge in [-0.15, -0.1) is 0 Å². The summed E-state index contributed by atoms with van der Waals surface area (Å²) in [5.74, 6) is 1.02. The molecule has 2 N–H and O–H groups in total. The van der Waals surface area contributed by atoms with Gasteiger partial charge >= 0.3 is 0 Å². The summed E-state index contributed by atoms with van der Waals surface area (Å²) in [5.41, 5.74) is 2.41. The van der Waals surface area contributed by atoms with Crippen LogP contribution in [0.1, 0.15) is 10.4 Å². The molecule has 0 spiro atoms. The lowest BCUT2D eigenvalue weighted by molar-refractivity contribution is 0.0963. The van der Waals surface area contributed by atoms with Gasteiger partial charge in [0, 0.05) is 30.3 Å². The first-order chi connectivity index (χ1) is 15.5. The Morgan fingerprint density at radius 1 is 0.906 bits per heavy atom. The van der Waals surface area contributed by atoms with E-state index in [1.54, 1.807) is 49.5 Å². The van der Waals surface area contributed by atoms with Crippen LogP contribution in [0.15, 0.2) is 69.9 Å². The Balaban J connectivity index is 2.03. The number of methoxy groups -OCH3 is 2. The summed E-state index contributed by atoms with van der Waals surface area (Å²) in [5, 5.41) is 12.5. The number of hydrogen-bond donors (Lipinski definition) is 2. The Hall–Kier alpha value is -4.26. The van der Waals surface area contributed by atoms with Gasteiger partial charge in [-0.05, 0) is 42.0 Å². The molecule has 0 aliphatic heterocycles. The van der Waals surface area contributed by atoms with Crippen molar-refractivity contribution in [3.05, 3.63) is 76.5 Å². The van der Waals surface area contributed by atoms with Crippen LogP contribution >= 0.6 is 0 Å². The number of carbonyl (C=O) groups excluding carboxylic acids is 1. The van der Waals surface area contributed by atoms with Crippen LogP contribution in [0.3, 0.4) is 0 Å². The molecular formula is C25H21NO6.